The van der Waals surface area contributed by atoms with E-state index in [9.17, 15) is 0 Å². The molecule has 1 saturated carbocycles. The van der Waals surface area contributed by atoms with Crippen LogP contribution in [-0.2, 0) is 11.3 Å². The van der Waals surface area contributed by atoms with Gasteiger partial charge in [0.1, 0.15) is 0 Å². The Bertz CT molecular complexity index is 725. The summed E-state index contributed by atoms with van der Waals surface area (Å²) in [6, 6.07) is 11.4. The zero-order valence-electron chi connectivity index (χ0n) is 15.7. The molecule has 26 heavy (non-hydrogen) atoms. The molecule has 1 aromatic heterocycles. The van der Waals surface area contributed by atoms with E-state index in [2.05, 4.69) is 34.6 Å². The van der Waals surface area contributed by atoms with Gasteiger partial charge in [-0.3, -0.25) is 4.90 Å². The molecule has 0 spiro atoms. The Balaban J connectivity index is 1.69. The quantitative estimate of drug-likeness (QED) is 0.709. The van der Waals surface area contributed by atoms with Gasteiger partial charge in [0, 0.05) is 42.1 Å². The van der Waals surface area contributed by atoms with E-state index < -0.39 is 0 Å². The number of hydrogen-bond donors (Lipinski definition) is 0. The highest BCUT2D eigenvalue weighted by atomic mass is 35.5. The highest BCUT2D eigenvalue weighted by molar-refractivity contribution is 6.30. The molecule has 0 unspecified atom stereocenters. The molecular weight excluding hydrogens is 344 g/mol. The summed E-state index contributed by atoms with van der Waals surface area (Å²) in [5.41, 5.74) is 5.53. The predicted octanol–water partition coefficient (Wildman–Crippen LogP) is 5.45. The minimum Gasteiger partial charge on any atom is -0.379 e. The maximum absolute atomic E-state index is 6.13. The van der Waals surface area contributed by atoms with E-state index in [1.165, 1.54) is 54.6 Å². The summed E-state index contributed by atoms with van der Waals surface area (Å²) < 4.78 is 8.14. The third-order valence-electron chi connectivity index (χ3n) is 5.97. The van der Waals surface area contributed by atoms with Crippen molar-refractivity contribution in [1.29, 1.82) is 0 Å². The van der Waals surface area contributed by atoms with Crippen molar-refractivity contribution in [3.05, 3.63) is 46.6 Å². The summed E-state index contributed by atoms with van der Waals surface area (Å²) in [5.74, 6) is 0. The van der Waals surface area contributed by atoms with E-state index >= 15 is 0 Å². The number of morpholine rings is 1. The van der Waals surface area contributed by atoms with Crippen LogP contribution in [0.1, 0.15) is 49.4 Å². The number of hydrogen-bond acceptors (Lipinski definition) is 2. The van der Waals surface area contributed by atoms with E-state index in [1.807, 2.05) is 12.1 Å². The van der Waals surface area contributed by atoms with Crippen molar-refractivity contribution in [2.45, 2.75) is 51.6 Å². The molecular formula is C22H29ClN2O. The lowest BCUT2D eigenvalue weighted by atomic mass is 9.94. The minimum atomic E-state index is 0.632. The molecule has 3 nitrogen and oxygen atoms in total. The van der Waals surface area contributed by atoms with Crippen LogP contribution in [0.5, 0.6) is 0 Å². The molecule has 2 aromatic rings. The van der Waals surface area contributed by atoms with Crippen molar-refractivity contribution >= 4 is 11.6 Å². The van der Waals surface area contributed by atoms with Gasteiger partial charge >= 0.3 is 0 Å². The molecule has 2 heterocycles. The lowest BCUT2D eigenvalue weighted by Gasteiger charge is -2.28. The molecule has 0 atom stereocenters. The first-order valence-electron chi connectivity index (χ1n) is 9.99. The van der Waals surface area contributed by atoms with Gasteiger partial charge < -0.3 is 9.30 Å². The lowest BCUT2D eigenvalue weighted by molar-refractivity contribution is 0.0341. The SMILES string of the molecule is Cc1c(CN2CCOCC2)cc(-c2ccc(Cl)cc2)n1C1CCCCC1. The molecule has 1 aliphatic heterocycles. The van der Waals surface area contributed by atoms with Crippen LogP contribution in [0.15, 0.2) is 30.3 Å². The Kier molecular flexibility index (Phi) is 5.68. The predicted molar refractivity (Wildman–Crippen MR) is 108 cm³/mol. The van der Waals surface area contributed by atoms with E-state index in [0.717, 1.165) is 37.9 Å². The van der Waals surface area contributed by atoms with Crippen LogP contribution in [0.4, 0.5) is 0 Å². The molecule has 1 aromatic carbocycles. The molecule has 2 fully saturated rings. The fourth-order valence-electron chi connectivity index (χ4n) is 4.49. The number of benzene rings is 1. The third kappa shape index (κ3) is 3.85. The second-order valence-corrected chi connectivity index (χ2v) is 8.13. The van der Waals surface area contributed by atoms with Gasteiger partial charge in [0.15, 0.2) is 0 Å². The Morgan fingerprint density at radius 1 is 1.04 bits per heavy atom. The Morgan fingerprint density at radius 3 is 2.42 bits per heavy atom. The summed E-state index contributed by atoms with van der Waals surface area (Å²) in [7, 11) is 0. The summed E-state index contributed by atoms with van der Waals surface area (Å²) in [6.45, 7) is 7.10. The fraction of sp³-hybridized carbons (Fsp3) is 0.545. The highest BCUT2D eigenvalue weighted by Crippen LogP contribution is 2.37. The number of halogens is 1. The van der Waals surface area contributed by atoms with Gasteiger partial charge in [-0.25, -0.2) is 0 Å². The second-order valence-electron chi connectivity index (χ2n) is 7.70. The second kappa shape index (κ2) is 8.16. The van der Waals surface area contributed by atoms with Crippen molar-refractivity contribution in [2.24, 2.45) is 0 Å². The standard InChI is InChI=1S/C22H29ClN2O/c1-17-19(16-24-11-13-26-14-12-24)15-22(18-7-9-20(23)10-8-18)25(17)21-5-3-2-4-6-21/h7-10,15,21H,2-6,11-14,16H2,1H3. The summed E-state index contributed by atoms with van der Waals surface area (Å²) in [5, 5.41) is 0.801. The lowest BCUT2D eigenvalue weighted by Crippen LogP contribution is -2.35. The van der Waals surface area contributed by atoms with Crippen LogP contribution < -0.4 is 0 Å². The van der Waals surface area contributed by atoms with Gasteiger partial charge in [-0.15, -0.1) is 0 Å². The van der Waals surface area contributed by atoms with Gasteiger partial charge in [-0.2, -0.15) is 0 Å². The summed E-state index contributed by atoms with van der Waals surface area (Å²) >= 11 is 6.13. The Hall–Kier alpha value is -1.29. The monoisotopic (exact) mass is 372 g/mol. The average molecular weight is 373 g/mol. The molecule has 4 heteroatoms. The van der Waals surface area contributed by atoms with E-state index in [4.69, 9.17) is 16.3 Å². The molecule has 1 saturated heterocycles. The smallest absolute Gasteiger partial charge is 0.0594 e. The Labute approximate surface area is 161 Å². The van der Waals surface area contributed by atoms with Gasteiger partial charge in [0.25, 0.3) is 0 Å². The van der Waals surface area contributed by atoms with E-state index in [-0.39, 0.29) is 0 Å². The van der Waals surface area contributed by atoms with Gasteiger partial charge in [0.2, 0.25) is 0 Å². The molecule has 4 rings (SSSR count). The molecule has 2 aliphatic rings. The molecule has 0 bridgehead atoms. The Morgan fingerprint density at radius 2 is 1.73 bits per heavy atom. The molecule has 0 radical (unpaired) electrons. The fourth-order valence-corrected chi connectivity index (χ4v) is 4.61. The minimum absolute atomic E-state index is 0.632. The molecule has 0 amide bonds. The first-order valence-corrected chi connectivity index (χ1v) is 10.4. The van der Waals surface area contributed by atoms with E-state index in [0.29, 0.717) is 6.04 Å². The molecule has 0 N–H and O–H groups in total. The van der Waals surface area contributed by atoms with Crippen molar-refractivity contribution < 1.29 is 4.74 Å². The maximum atomic E-state index is 6.13. The zero-order chi connectivity index (χ0) is 17.9. The topological polar surface area (TPSA) is 17.4 Å². The number of rotatable bonds is 4. The van der Waals surface area contributed by atoms with Crippen LogP contribution in [0.3, 0.4) is 0 Å². The molecule has 1 aliphatic carbocycles. The average Bonchev–Trinajstić information content (AvgIpc) is 3.00. The van der Waals surface area contributed by atoms with Crippen LogP contribution in [0.25, 0.3) is 11.3 Å². The highest BCUT2D eigenvalue weighted by Gasteiger charge is 2.23. The number of aromatic nitrogens is 1. The van der Waals surface area contributed by atoms with Crippen LogP contribution >= 0.6 is 11.6 Å². The first-order chi connectivity index (χ1) is 12.7. The van der Waals surface area contributed by atoms with Gasteiger partial charge in [-0.1, -0.05) is 43.0 Å². The van der Waals surface area contributed by atoms with Crippen molar-refractivity contribution in [1.82, 2.24) is 9.47 Å². The van der Waals surface area contributed by atoms with Crippen LogP contribution in [0.2, 0.25) is 5.02 Å². The van der Waals surface area contributed by atoms with Crippen LogP contribution in [-0.4, -0.2) is 35.8 Å². The van der Waals surface area contributed by atoms with Gasteiger partial charge in [0.05, 0.1) is 13.2 Å². The summed E-state index contributed by atoms with van der Waals surface area (Å²) in [6.07, 6.45) is 6.68. The van der Waals surface area contributed by atoms with Crippen molar-refractivity contribution in [3.8, 4) is 11.3 Å². The van der Waals surface area contributed by atoms with Crippen LogP contribution in [0, 0.1) is 6.92 Å². The largest absolute Gasteiger partial charge is 0.379 e. The van der Waals surface area contributed by atoms with Gasteiger partial charge in [-0.05, 0) is 49.1 Å². The normalized spacial score (nSPS) is 19.8. The van der Waals surface area contributed by atoms with Crippen molar-refractivity contribution in [3.63, 3.8) is 0 Å². The third-order valence-corrected chi connectivity index (χ3v) is 6.23. The number of nitrogens with zero attached hydrogens (tertiary/aromatic N) is 2. The van der Waals surface area contributed by atoms with E-state index in [1.54, 1.807) is 0 Å². The first kappa shape index (κ1) is 18.1. The maximum Gasteiger partial charge on any atom is 0.0594 e. The summed E-state index contributed by atoms with van der Waals surface area (Å²) in [4.78, 5) is 2.52. The molecule has 140 valence electrons. The number of ether oxygens (including phenoxy) is 1. The van der Waals surface area contributed by atoms with Crippen molar-refractivity contribution in [2.75, 3.05) is 26.3 Å². The zero-order valence-corrected chi connectivity index (χ0v) is 16.5.